The summed E-state index contributed by atoms with van der Waals surface area (Å²) in [7, 11) is -12.4. The van der Waals surface area contributed by atoms with Gasteiger partial charge in [-0.3, -0.25) is 0 Å². The van der Waals surface area contributed by atoms with E-state index in [4.69, 9.17) is 23.9 Å². The van der Waals surface area contributed by atoms with Crippen LogP contribution in [0.1, 0.15) is 6.92 Å². The molecule has 0 aromatic carbocycles. The Kier molecular flexibility index (Phi) is 7.41. The van der Waals surface area contributed by atoms with Crippen molar-refractivity contribution >= 4 is 38.3 Å². The summed E-state index contributed by atoms with van der Waals surface area (Å²) >= 11 is 2.24. The van der Waals surface area contributed by atoms with Gasteiger partial charge in [-0.15, -0.1) is 0 Å². The van der Waals surface area contributed by atoms with Gasteiger partial charge in [-0.25, -0.2) is 0 Å². The Bertz CT molecular complexity index is 442. The summed E-state index contributed by atoms with van der Waals surface area (Å²) in [5.41, 5.74) is 0. The van der Waals surface area contributed by atoms with Gasteiger partial charge < -0.3 is 0 Å². The summed E-state index contributed by atoms with van der Waals surface area (Å²) in [5.74, 6) is 0. The minimum atomic E-state index is -5.20. The summed E-state index contributed by atoms with van der Waals surface area (Å²) < 4.78 is 39.7. The molecule has 0 saturated carbocycles. The van der Waals surface area contributed by atoms with E-state index in [0.29, 0.717) is 0 Å². The normalized spacial score (nSPS) is 34.6. The van der Waals surface area contributed by atoms with Crippen molar-refractivity contribution in [2.75, 3.05) is 6.61 Å². The van der Waals surface area contributed by atoms with Crippen LogP contribution in [0.4, 0.5) is 0 Å². The number of aliphatic hydroxyl groups is 2. The number of ether oxygens (including phenoxy) is 1. The summed E-state index contributed by atoms with van der Waals surface area (Å²) in [6, 6.07) is 0. The molecule has 1 heterocycles. The number of phosphoric acid groups is 2. The third kappa shape index (κ3) is 6.99. The second-order valence-electron chi connectivity index (χ2n) is 4.00. The molecule has 0 bridgehead atoms. The van der Waals surface area contributed by atoms with E-state index in [9.17, 15) is 19.3 Å². The molecular weight excluding hydrogens is 420 g/mol. The van der Waals surface area contributed by atoms with E-state index < -0.39 is 47.1 Å². The van der Waals surface area contributed by atoms with Crippen LogP contribution in [0.3, 0.4) is 0 Å². The molecule has 0 aliphatic carbocycles. The quantitative estimate of drug-likeness (QED) is 0.249. The average Bonchev–Trinajstić information content (AvgIpc) is 2.50. The number of hydrogen-bond acceptors (Lipinski definition) is 8. The van der Waals surface area contributed by atoms with Crippen LogP contribution < -0.4 is 0 Å². The van der Waals surface area contributed by atoms with Gasteiger partial charge in [-0.2, -0.15) is 0 Å². The predicted molar refractivity (Wildman–Crippen MR) is 69.0 cm³/mol. The molecule has 1 fully saturated rings. The summed E-state index contributed by atoms with van der Waals surface area (Å²) in [6.45, 7) is 1.26. The van der Waals surface area contributed by atoms with Crippen molar-refractivity contribution in [1.29, 1.82) is 0 Å². The molecular formula is C6H14O11P3Se-. The van der Waals surface area contributed by atoms with Crippen LogP contribution in [0, 0.1) is 0 Å². The average molecular weight is 434 g/mol. The van der Waals surface area contributed by atoms with Crippen molar-refractivity contribution in [2.24, 2.45) is 0 Å². The van der Waals surface area contributed by atoms with Crippen LogP contribution in [0.2, 0.25) is 0 Å². The molecule has 15 heteroatoms. The van der Waals surface area contributed by atoms with E-state index >= 15 is 0 Å². The summed E-state index contributed by atoms with van der Waals surface area (Å²) in [6.07, 6.45) is -3.77. The SMILES string of the molecule is C[C@@H]1O[C@H](COP([Se-])OP(=O)(O)OP(=O)(O)O)C(O)C1O. The molecule has 0 amide bonds. The maximum absolute atomic E-state index is 11.2. The van der Waals surface area contributed by atoms with E-state index in [2.05, 4.69) is 24.2 Å². The van der Waals surface area contributed by atoms with Crippen LogP contribution in [0.15, 0.2) is 0 Å². The van der Waals surface area contributed by atoms with Crippen molar-refractivity contribution in [1.82, 2.24) is 0 Å². The van der Waals surface area contributed by atoms with Crippen molar-refractivity contribution in [3.63, 3.8) is 0 Å². The van der Waals surface area contributed by atoms with E-state index in [0.717, 1.165) is 0 Å². The van der Waals surface area contributed by atoms with Crippen molar-refractivity contribution < 1.29 is 51.9 Å². The molecule has 1 saturated heterocycles. The summed E-state index contributed by atoms with van der Waals surface area (Å²) in [4.78, 5) is 25.9. The zero-order valence-corrected chi connectivity index (χ0v) is 14.8. The Hall–Kier alpha value is 1.05. The molecule has 6 atom stereocenters. The zero-order valence-electron chi connectivity index (χ0n) is 10.5. The summed E-state index contributed by atoms with van der Waals surface area (Å²) in [5, 5.41) is 19.1. The zero-order chi connectivity index (χ0) is 16.4. The first kappa shape index (κ1) is 20.1. The van der Waals surface area contributed by atoms with Gasteiger partial charge >= 0.3 is 128 Å². The van der Waals surface area contributed by atoms with E-state index in [1.165, 1.54) is 0 Å². The van der Waals surface area contributed by atoms with Crippen LogP contribution >= 0.6 is 22.7 Å². The van der Waals surface area contributed by atoms with Crippen LogP contribution in [0.5, 0.6) is 0 Å². The molecule has 0 spiro atoms. The molecule has 4 unspecified atom stereocenters. The fraction of sp³-hybridized carbons (Fsp3) is 1.00. The molecule has 1 rings (SSSR count). The van der Waals surface area contributed by atoms with Gasteiger partial charge in [0, 0.05) is 0 Å². The molecule has 1 aliphatic rings. The van der Waals surface area contributed by atoms with Gasteiger partial charge in [0.2, 0.25) is 0 Å². The fourth-order valence-corrected chi connectivity index (χ4v) is 6.03. The second kappa shape index (κ2) is 7.75. The Morgan fingerprint density at radius 1 is 1.24 bits per heavy atom. The van der Waals surface area contributed by atoms with Crippen LogP contribution in [-0.4, -0.2) is 71.5 Å². The first-order valence-corrected chi connectivity index (χ1v) is 11.7. The first-order chi connectivity index (χ1) is 9.41. The van der Waals surface area contributed by atoms with Crippen LogP contribution in [0.25, 0.3) is 0 Å². The van der Waals surface area contributed by atoms with Crippen molar-refractivity contribution in [3.05, 3.63) is 0 Å². The van der Waals surface area contributed by atoms with Gasteiger partial charge in [0.1, 0.15) is 0 Å². The molecule has 0 aromatic heterocycles. The van der Waals surface area contributed by atoms with Crippen molar-refractivity contribution in [3.8, 4) is 0 Å². The Balaban J connectivity index is 2.43. The Morgan fingerprint density at radius 3 is 2.24 bits per heavy atom. The van der Waals surface area contributed by atoms with E-state index in [1.54, 1.807) is 6.92 Å². The first-order valence-electron chi connectivity index (χ1n) is 5.32. The molecule has 5 N–H and O–H groups in total. The van der Waals surface area contributed by atoms with Gasteiger partial charge in [0.25, 0.3) is 0 Å². The third-order valence-corrected chi connectivity index (χ3v) is 7.64. The van der Waals surface area contributed by atoms with Gasteiger partial charge in [-0.1, -0.05) is 0 Å². The fourth-order valence-electron chi connectivity index (χ4n) is 1.46. The molecule has 1 aliphatic heterocycles. The molecule has 0 radical (unpaired) electrons. The molecule has 0 aromatic rings. The molecule has 126 valence electrons. The number of hydrogen-bond donors (Lipinski definition) is 5. The standard InChI is InChI=1S/C6H14O11P3Se/c1-3-5(7)6(8)4(15-3)2-14-18(21)16-20(12,13)17-19(9,10)11/h3-8H,2H2,1H3,(H,12,13)(H2,9,10,11)/q-1/t3-,4+,5?,6?,18?/m0/s1. The van der Waals surface area contributed by atoms with Crippen molar-refractivity contribution in [2.45, 2.75) is 31.3 Å². The Labute approximate surface area is 128 Å². The van der Waals surface area contributed by atoms with Gasteiger partial charge in [-0.05, 0) is 0 Å². The second-order valence-corrected chi connectivity index (χ2v) is 9.81. The van der Waals surface area contributed by atoms with E-state index in [1.807, 2.05) is 0 Å². The monoisotopic (exact) mass is 435 g/mol. The number of aliphatic hydroxyl groups excluding tert-OH is 2. The maximum atomic E-state index is 11.2. The topological polar surface area (TPSA) is 172 Å². The molecule has 11 nitrogen and oxygen atoms in total. The number of rotatable bonds is 7. The van der Waals surface area contributed by atoms with Gasteiger partial charge in [0.15, 0.2) is 0 Å². The minimum absolute atomic E-state index is 0.281. The molecule has 21 heavy (non-hydrogen) atoms. The van der Waals surface area contributed by atoms with Gasteiger partial charge in [0.05, 0.1) is 0 Å². The predicted octanol–water partition coefficient (Wildman–Crippen LogP) is -0.866. The van der Waals surface area contributed by atoms with E-state index in [-0.39, 0.29) is 6.61 Å². The van der Waals surface area contributed by atoms with Crippen LogP contribution in [-0.2, 0) is 27.0 Å². The third-order valence-electron chi connectivity index (χ3n) is 2.32. The Morgan fingerprint density at radius 2 is 1.81 bits per heavy atom.